The maximum Gasteiger partial charge on any atom is 0.0956 e. The second kappa shape index (κ2) is 7.79. The molecule has 25 heavy (non-hydrogen) atoms. The Morgan fingerprint density at radius 1 is 1.08 bits per heavy atom. The largest absolute Gasteiger partial charge is 0.332 e. The lowest BCUT2D eigenvalue weighted by atomic mass is 10.1. The Hall–Kier alpha value is -1.52. The first kappa shape index (κ1) is 18.3. The molecule has 0 fully saturated rings. The minimum absolute atomic E-state index is 0.185. The number of nitrogens with two attached hydrogens (primary N) is 1. The predicted molar refractivity (Wildman–Crippen MR) is 105 cm³/mol. The van der Waals surface area contributed by atoms with Gasteiger partial charge in [-0.2, -0.15) is 0 Å². The minimum Gasteiger partial charge on any atom is -0.332 e. The van der Waals surface area contributed by atoms with Crippen LogP contribution in [0.2, 0.25) is 15.1 Å². The van der Waals surface area contributed by atoms with E-state index in [0.717, 1.165) is 40.5 Å². The third-order valence-electron chi connectivity index (χ3n) is 4.08. The molecule has 0 aliphatic rings. The van der Waals surface area contributed by atoms with E-state index < -0.39 is 0 Å². The zero-order valence-electron chi connectivity index (χ0n) is 13.7. The molecule has 0 spiro atoms. The molecule has 3 nitrogen and oxygen atoms in total. The SMILES string of the molecule is CC(N)c1c(-c2ccc(Cl)cc2Cl)ncn1CCc1ccccc1Cl. The Balaban J connectivity index is 1.94. The Morgan fingerprint density at radius 3 is 2.52 bits per heavy atom. The third-order valence-corrected chi connectivity index (χ3v) is 4.99. The highest BCUT2D eigenvalue weighted by Crippen LogP contribution is 2.33. The van der Waals surface area contributed by atoms with Crippen LogP contribution in [0.4, 0.5) is 0 Å². The Kier molecular flexibility index (Phi) is 5.70. The number of nitrogens with zero attached hydrogens (tertiary/aromatic N) is 2. The molecule has 0 saturated heterocycles. The van der Waals surface area contributed by atoms with E-state index in [-0.39, 0.29) is 6.04 Å². The number of hydrogen-bond acceptors (Lipinski definition) is 2. The second-order valence-corrected chi connectivity index (χ2v) is 7.18. The molecule has 130 valence electrons. The summed E-state index contributed by atoms with van der Waals surface area (Å²) in [6.45, 7) is 2.68. The van der Waals surface area contributed by atoms with Gasteiger partial charge in [0.05, 0.1) is 22.7 Å². The van der Waals surface area contributed by atoms with Crippen molar-refractivity contribution in [2.24, 2.45) is 5.73 Å². The molecular weight excluding hydrogens is 377 g/mol. The van der Waals surface area contributed by atoms with E-state index >= 15 is 0 Å². The van der Waals surface area contributed by atoms with Crippen LogP contribution in [-0.2, 0) is 13.0 Å². The molecule has 0 aliphatic carbocycles. The molecule has 0 bridgehead atoms. The summed E-state index contributed by atoms with van der Waals surface area (Å²) in [4.78, 5) is 4.56. The molecule has 0 radical (unpaired) electrons. The molecule has 2 N–H and O–H groups in total. The summed E-state index contributed by atoms with van der Waals surface area (Å²) in [6, 6.07) is 13.0. The van der Waals surface area contributed by atoms with E-state index in [0.29, 0.717) is 10.0 Å². The Labute approximate surface area is 162 Å². The summed E-state index contributed by atoms with van der Waals surface area (Å²) in [6.07, 6.45) is 2.60. The molecule has 0 amide bonds. The van der Waals surface area contributed by atoms with Crippen LogP contribution in [0.15, 0.2) is 48.8 Å². The third kappa shape index (κ3) is 4.01. The molecule has 3 aromatic rings. The monoisotopic (exact) mass is 393 g/mol. The maximum absolute atomic E-state index is 6.35. The molecule has 1 heterocycles. The van der Waals surface area contributed by atoms with Crippen molar-refractivity contribution in [3.05, 3.63) is 75.1 Å². The van der Waals surface area contributed by atoms with E-state index in [1.165, 1.54) is 0 Å². The van der Waals surface area contributed by atoms with E-state index in [2.05, 4.69) is 9.55 Å². The highest BCUT2D eigenvalue weighted by molar-refractivity contribution is 6.36. The molecule has 2 aromatic carbocycles. The van der Waals surface area contributed by atoms with Gasteiger partial charge in [-0.15, -0.1) is 0 Å². The van der Waals surface area contributed by atoms with Crippen molar-refractivity contribution < 1.29 is 0 Å². The summed E-state index contributed by atoms with van der Waals surface area (Å²) in [7, 11) is 0. The van der Waals surface area contributed by atoms with Crippen molar-refractivity contribution >= 4 is 34.8 Å². The highest BCUT2D eigenvalue weighted by Gasteiger charge is 2.18. The van der Waals surface area contributed by atoms with Crippen molar-refractivity contribution in [3.8, 4) is 11.3 Å². The lowest BCUT2D eigenvalue weighted by Crippen LogP contribution is -2.14. The number of aryl methyl sites for hydroxylation is 2. The highest BCUT2D eigenvalue weighted by atomic mass is 35.5. The normalized spacial score (nSPS) is 12.4. The fourth-order valence-corrected chi connectivity index (χ4v) is 3.61. The zero-order chi connectivity index (χ0) is 18.0. The first-order valence-corrected chi connectivity index (χ1v) is 9.10. The summed E-state index contributed by atoms with van der Waals surface area (Å²) >= 11 is 18.6. The van der Waals surface area contributed by atoms with Crippen LogP contribution in [0.1, 0.15) is 24.2 Å². The zero-order valence-corrected chi connectivity index (χ0v) is 16.0. The summed E-state index contributed by atoms with van der Waals surface area (Å²) in [5.74, 6) is 0. The number of halogens is 3. The van der Waals surface area contributed by atoms with Gasteiger partial charge in [0, 0.05) is 28.2 Å². The van der Waals surface area contributed by atoms with Crippen LogP contribution in [-0.4, -0.2) is 9.55 Å². The molecule has 6 heteroatoms. The van der Waals surface area contributed by atoms with E-state index in [9.17, 15) is 0 Å². The topological polar surface area (TPSA) is 43.8 Å². The van der Waals surface area contributed by atoms with Gasteiger partial charge < -0.3 is 10.3 Å². The van der Waals surface area contributed by atoms with Gasteiger partial charge in [0.15, 0.2) is 0 Å². The predicted octanol–water partition coefficient (Wildman–Crippen LogP) is 5.77. The van der Waals surface area contributed by atoms with Gasteiger partial charge in [0.2, 0.25) is 0 Å². The number of benzene rings is 2. The second-order valence-electron chi connectivity index (χ2n) is 5.93. The Morgan fingerprint density at radius 2 is 1.84 bits per heavy atom. The molecule has 0 aliphatic heterocycles. The van der Waals surface area contributed by atoms with Crippen LogP contribution in [0, 0.1) is 0 Å². The number of rotatable bonds is 5. The lowest BCUT2D eigenvalue weighted by Gasteiger charge is -2.14. The van der Waals surface area contributed by atoms with E-state index in [1.54, 1.807) is 18.5 Å². The molecule has 0 saturated carbocycles. The van der Waals surface area contributed by atoms with Crippen molar-refractivity contribution in [1.82, 2.24) is 9.55 Å². The standard InChI is InChI=1S/C19H18Cl3N3/c1-12(23)19-18(15-7-6-14(20)10-17(15)22)24-11-25(19)9-8-13-4-2-3-5-16(13)21/h2-7,10-12H,8-9,23H2,1H3. The minimum atomic E-state index is -0.185. The van der Waals surface area contributed by atoms with Crippen LogP contribution >= 0.6 is 34.8 Å². The van der Waals surface area contributed by atoms with Crippen LogP contribution in [0.3, 0.4) is 0 Å². The number of hydrogen-bond donors (Lipinski definition) is 1. The Bertz CT molecular complexity index is 887. The van der Waals surface area contributed by atoms with Crippen LogP contribution in [0.25, 0.3) is 11.3 Å². The number of imidazole rings is 1. The smallest absolute Gasteiger partial charge is 0.0956 e. The summed E-state index contributed by atoms with van der Waals surface area (Å²) in [5, 5.41) is 1.92. The van der Waals surface area contributed by atoms with Crippen LogP contribution in [0.5, 0.6) is 0 Å². The van der Waals surface area contributed by atoms with Gasteiger partial charge in [-0.1, -0.05) is 53.0 Å². The fourth-order valence-electron chi connectivity index (χ4n) is 2.88. The van der Waals surface area contributed by atoms with Gasteiger partial charge in [0.1, 0.15) is 0 Å². The quantitative estimate of drug-likeness (QED) is 0.596. The van der Waals surface area contributed by atoms with Gasteiger partial charge >= 0.3 is 0 Å². The van der Waals surface area contributed by atoms with Gasteiger partial charge in [-0.05, 0) is 43.2 Å². The van der Waals surface area contributed by atoms with Crippen LogP contribution < -0.4 is 5.73 Å². The first-order valence-electron chi connectivity index (χ1n) is 7.97. The van der Waals surface area contributed by atoms with Gasteiger partial charge in [-0.3, -0.25) is 0 Å². The van der Waals surface area contributed by atoms with Crippen molar-refractivity contribution in [3.63, 3.8) is 0 Å². The maximum atomic E-state index is 6.35. The first-order chi connectivity index (χ1) is 12.0. The number of aromatic nitrogens is 2. The van der Waals surface area contributed by atoms with E-state index in [1.807, 2.05) is 37.3 Å². The summed E-state index contributed by atoms with van der Waals surface area (Å²) < 4.78 is 2.06. The van der Waals surface area contributed by atoms with Gasteiger partial charge in [0.25, 0.3) is 0 Å². The summed E-state index contributed by atoms with van der Waals surface area (Å²) in [5.41, 5.74) is 9.87. The van der Waals surface area contributed by atoms with Gasteiger partial charge in [-0.25, -0.2) is 4.98 Å². The average Bonchev–Trinajstić information content (AvgIpc) is 2.98. The lowest BCUT2D eigenvalue weighted by molar-refractivity contribution is 0.625. The van der Waals surface area contributed by atoms with Crippen molar-refractivity contribution in [2.75, 3.05) is 0 Å². The molecule has 3 rings (SSSR count). The molecule has 1 aromatic heterocycles. The van der Waals surface area contributed by atoms with Crippen molar-refractivity contribution in [2.45, 2.75) is 25.9 Å². The average molecular weight is 395 g/mol. The van der Waals surface area contributed by atoms with E-state index in [4.69, 9.17) is 40.5 Å². The fraction of sp³-hybridized carbons (Fsp3) is 0.211. The molecule has 1 atom stereocenters. The molecule has 1 unspecified atom stereocenters. The molecular formula is C19H18Cl3N3. The van der Waals surface area contributed by atoms with Crippen molar-refractivity contribution in [1.29, 1.82) is 0 Å².